The van der Waals surface area contributed by atoms with Gasteiger partial charge in [-0.3, -0.25) is 0 Å². The van der Waals surface area contributed by atoms with E-state index < -0.39 is 0 Å². The fourth-order valence-corrected chi connectivity index (χ4v) is 2.99. The summed E-state index contributed by atoms with van der Waals surface area (Å²) in [6, 6.07) is 0.721. The Labute approximate surface area is 107 Å². The molecule has 1 unspecified atom stereocenters. The predicted molar refractivity (Wildman–Crippen MR) is 72.2 cm³/mol. The molecule has 0 heterocycles. The first-order valence-corrected chi connectivity index (χ1v) is 7.71. The van der Waals surface area contributed by atoms with Gasteiger partial charge >= 0.3 is 0 Å². The van der Waals surface area contributed by atoms with Crippen LogP contribution >= 0.6 is 0 Å². The number of hydrogen-bond acceptors (Lipinski definition) is 2. The molecule has 2 aliphatic rings. The summed E-state index contributed by atoms with van der Waals surface area (Å²) >= 11 is 0. The molecule has 0 aromatic carbocycles. The molecular weight excluding hydrogens is 210 g/mol. The van der Waals surface area contributed by atoms with Crippen molar-refractivity contribution in [1.82, 2.24) is 5.32 Å². The third-order valence-electron chi connectivity index (χ3n) is 4.55. The molecule has 0 spiro atoms. The second-order valence-electron chi connectivity index (χ2n) is 5.92. The summed E-state index contributed by atoms with van der Waals surface area (Å²) in [7, 11) is 0. The molecule has 0 aliphatic heterocycles. The zero-order chi connectivity index (χ0) is 11.9. The van der Waals surface area contributed by atoms with E-state index in [1.807, 2.05) is 0 Å². The molecule has 2 fully saturated rings. The highest BCUT2D eigenvalue weighted by molar-refractivity contribution is 4.79. The van der Waals surface area contributed by atoms with Crippen LogP contribution in [0.2, 0.25) is 0 Å². The zero-order valence-electron chi connectivity index (χ0n) is 11.4. The Morgan fingerprint density at radius 1 is 1.06 bits per heavy atom. The fourth-order valence-electron chi connectivity index (χ4n) is 2.99. The molecule has 0 saturated heterocycles. The minimum Gasteiger partial charge on any atom is -0.378 e. The minimum absolute atomic E-state index is 0.577. The molecule has 0 radical (unpaired) electrons. The largest absolute Gasteiger partial charge is 0.378 e. The van der Waals surface area contributed by atoms with Crippen LogP contribution in [0.25, 0.3) is 0 Å². The summed E-state index contributed by atoms with van der Waals surface area (Å²) in [6.07, 6.45) is 12.8. The van der Waals surface area contributed by atoms with Gasteiger partial charge in [-0.05, 0) is 51.5 Å². The van der Waals surface area contributed by atoms with Crippen LogP contribution in [0, 0.1) is 5.92 Å². The number of rotatable bonds is 7. The Morgan fingerprint density at radius 2 is 1.82 bits per heavy atom. The number of nitrogens with one attached hydrogen (secondary N) is 1. The van der Waals surface area contributed by atoms with Gasteiger partial charge in [-0.2, -0.15) is 0 Å². The molecule has 1 atom stereocenters. The van der Waals surface area contributed by atoms with Gasteiger partial charge in [-0.1, -0.05) is 25.7 Å². The van der Waals surface area contributed by atoms with Crippen LogP contribution in [-0.4, -0.2) is 25.3 Å². The average molecular weight is 239 g/mol. The number of hydrogen-bond donors (Lipinski definition) is 1. The Hall–Kier alpha value is -0.0800. The van der Waals surface area contributed by atoms with Crippen LogP contribution in [0.5, 0.6) is 0 Å². The van der Waals surface area contributed by atoms with Gasteiger partial charge in [-0.15, -0.1) is 0 Å². The highest BCUT2D eigenvalue weighted by Crippen LogP contribution is 2.29. The third-order valence-corrected chi connectivity index (χ3v) is 4.55. The van der Waals surface area contributed by atoms with Gasteiger partial charge in [0.05, 0.1) is 6.10 Å². The maximum Gasteiger partial charge on any atom is 0.0575 e. The highest BCUT2D eigenvalue weighted by Gasteiger charge is 2.23. The molecule has 1 N–H and O–H groups in total. The molecule has 17 heavy (non-hydrogen) atoms. The maximum absolute atomic E-state index is 5.93. The van der Waals surface area contributed by atoms with Crippen molar-refractivity contribution in [2.45, 2.75) is 76.9 Å². The molecule has 0 amide bonds. The molecule has 2 heteroatoms. The first kappa shape index (κ1) is 13.4. The van der Waals surface area contributed by atoms with Gasteiger partial charge in [0, 0.05) is 12.6 Å². The predicted octanol–water partition coefficient (Wildman–Crippen LogP) is 3.50. The van der Waals surface area contributed by atoms with E-state index in [1.165, 1.54) is 57.8 Å². The van der Waals surface area contributed by atoms with Crippen molar-refractivity contribution in [1.29, 1.82) is 0 Å². The zero-order valence-corrected chi connectivity index (χ0v) is 11.4. The van der Waals surface area contributed by atoms with Gasteiger partial charge < -0.3 is 10.1 Å². The van der Waals surface area contributed by atoms with Gasteiger partial charge in [0.25, 0.3) is 0 Å². The molecular formula is C15H29NO. The van der Waals surface area contributed by atoms with E-state index in [0.717, 1.165) is 25.1 Å². The van der Waals surface area contributed by atoms with Crippen molar-refractivity contribution >= 4 is 0 Å². The van der Waals surface area contributed by atoms with E-state index in [4.69, 9.17) is 4.74 Å². The second-order valence-corrected chi connectivity index (χ2v) is 5.92. The highest BCUT2D eigenvalue weighted by atomic mass is 16.5. The lowest BCUT2D eigenvalue weighted by Gasteiger charge is -2.32. The van der Waals surface area contributed by atoms with Gasteiger partial charge in [0.2, 0.25) is 0 Å². The lowest BCUT2D eigenvalue weighted by Crippen LogP contribution is -2.37. The molecule has 100 valence electrons. The molecule has 2 aliphatic carbocycles. The second kappa shape index (κ2) is 7.38. The van der Waals surface area contributed by atoms with Gasteiger partial charge in [0.15, 0.2) is 0 Å². The molecule has 0 aromatic rings. The van der Waals surface area contributed by atoms with E-state index in [-0.39, 0.29) is 0 Å². The van der Waals surface area contributed by atoms with Crippen LogP contribution in [0.1, 0.15) is 64.7 Å². The molecule has 2 saturated carbocycles. The van der Waals surface area contributed by atoms with E-state index >= 15 is 0 Å². The van der Waals surface area contributed by atoms with Crippen molar-refractivity contribution in [3.63, 3.8) is 0 Å². The standard InChI is InChI=1S/C15H29NO/c1-13(14-7-5-8-14)16-11-6-12-17-15-9-3-2-4-10-15/h13-16H,2-12H2,1H3. The maximum atomic E-state index is 5.93. The van der Waals surface area contributed by atoms with Crippen LogP contribution < -0.4 is 5.32 Å². The monoisotopic (exact) mass is 239 g/mol. The van der Waals surface area contributed by atoms with Gasteiger partial charge in [-0.25, -0.2) is 0 Å². The average Bonchev–Trinajstić information content (AvgIpc) is 2.27. The third kappa shape index (κ3) is 4.59. The lowest BCUT2D eigenvalue weighted by molar-refractivity contribution is 0.0268. The summed E-state index contributed by atoms with van der Waals surface area (Å²) in [4.78, 5) is 0. The summed E-state index contributed by atoms with van der Waals surface area (Å²) in [6.45, 7) is 4.42. The summed E-state index contributed by atoms with van der Waals surface area (Å²) in [5.41, 5.74) is 0. The summed E-state index contributed by atoms with van der Waals surface area (Å²) in [5, 5.41) is 3.64. The molecule has 0 aromatic heterocycles. The van der Waals surface area contributed by atoms with Crippen molar-refractivity contribution < 1.29 is 4.74 Å². The topological polar surface area (TPSA) is 21.3 Å². The van der Waals surface area contributed by atoms with E-state index in [0.29, 0.717) is 6.10 Å². The van der Waals surface area contributed by atoms with Crippen molar-refractivity contribution in [3.05, 3.63) is 0 Å². The first-order chi connectivity index (χ1) is 8.36. The van der Waals surface area contributed by atoms with Crippen molar-refractivity contribution in [2.24, 2.45) is 5.92 Å². The fraction of sp³-hybridized carbons (Fsp3) is 1.00. The van der Waals surface area contributed by atoms with E-state index in [9.17, 15) is 0 Å². The quantitative estimate of drug-likeness (QED) is 0.687. The van der Waals surface area contributed by atoms with Crippen molar-refractivity contribution in [2.75, 3.05) is 13.2 Å². The van der Waals surface area contributed by atoms with Crippen molar-refractivity contribution in [3.8, 4) is 0 Å². The Bertz CT molecular complexity index is 193. The Kier molecular flexibility index (Phi) is 5.79. The van der Waals surface area contributed by atoms with Crippen LogP contribution in [0.4, 0.5) is 0 Å². The Balaban J connectivity index is 1.42. The van der Waals surface area contributed by atoms with Crippen LogP contribution in [0.3, 0.4) is 0 Å². The van der Waals surface area contributed by atoms with Crippen LogP contribution in [-0.2, 0) is 4.74 Å². The first-order valence-electron chi connectivity index (χ1n) is 7.71. The van der Waals surface area contributed by atoms with Gasteiger partial charge in [0.1, 0.15) is 0 Å². The van der Waals surface area contributed by atoms with E-state index in [2.05, 4.69) is 12.2 Å². The molecule has 2 rings (SSSR count). The van der Waals surface area contributed by atoms with Crippen LogP contribution in [0.15, 0.2) is 0 Å². The SMILES string of the molecule is CC(NCCCOC1CCCCC1)C1CCC1. The minimum atomic E-state index is 0.577. The molecule has 0 bridgehead atoms. The van der Waals surface area contributed by atoms with E-state index in [1.54, 1.807) is 0 Å². The Morgan fingerprint density at radius 3 is 2.47 bits per heavy atom. The molecule has 2 nitrogen and oxygen atoms in total. The summed E-state index contributed by atoms with van der Waals surface area (Å²) in [5.74, 6) is 0.953. The number of ether oxygens (including phenoxy) is 1. The normalized spacial score (nSPS) is 24.5. The smallest absolute Gasteiger partial charge is 0.0575 e. The lowest BCUT2D eigenvalue weighted by atomic mass is 9.80. The summed E-state index contributed by atoms with van der Waals surface area (Å²) < 4.78 is 5.93.